The zero-order valence-electron chi connectivity index (χ0n) is 17.7. The lowest BCUT2D eigenvalue weighted by atomic mass is 10.1. The molecule has 154 valence electrons. The van der Waals surface area contributed by atoms with Crippen LogP contribution in [0.2, 0.25) is 0 Å². The third-order valence-electron chi connectivity index (χ3n) is 3.25. The Hall–Kier alpha value is -1.99. The maximum absolute atomic E-state index is 12.9. The van der Waals surface area contributed by atoms with E-state index in [1.165, 1.54) is 11.1 Å². The molecule has 1 rings (SSSR count). The summed E-state index contributed by atoms with van der Waals surface area (Å²) in [5, 5.41) is 3.18. The summed E-state index contributed by atoms with van der Waals surface area (Å²) >= 11 is 0. The van der Waals surface area contributed by atoms with E-state index in [-0.39, 0.29) is 0 Å². The van der Waals surface area contributed by atoms with Crippen LogP contribution in [-0.4, -0.2) is 39.2 Å². The minimum atomic E-state index is -0.653. The van der Waals surface area contributed by atoms with Crippen molar-refractivity contribution in [1.82, 2.24) is 5.32 Å². The van der Waals surface area contributed by atoms with Gasteiger partial charge in [0.15, 0.2) is 0 Å². The number of rotatable bonds is 9. The zero-order valence-corrected chi connectivity index (χ0v) is 17.7. The second-order valence-electron chi connectivity index (χ2n) is 5.44. The molecule has 1 unspecified atom stereocenters. The normalized spacial score (nSPS) is 10.9. The maximum atomic E-state index is 12.9. The molecule has 1 aromatic rings. The second kappa shape index (κ2) is 26.2. The summed E-state index contributed by atoms with van der Waals surface area (Å²) in [4.78, 5) is 4.15. The molecule has 2 nitrogen and oxygen atoms in total. The van der Waals surface area contributed by atoms with Crippen molar-refractivity contribution in [3.63, 3.8) is 0 Å². The molecule has 1 atom stereocenters. The number of hydrogen-bond donors (Lipinski definition) is 1. The van der Waals surface area contributed by atoms with Gasteiger partial charge in [0, 0.05) is 12.8 Å². The largest absolute Gasteiger partial charge is 0.317 e. The Bertz CT molecular complexity index is 465. The fraction of sp³-hybridized carbons (Fsp3) is 0.522. The van der Waals surface area contributed by atoms with Crippen LogP contribution in [0.25, 0.3) is 0 Å². The molecule has 1 aromatic carbocycles. The van der Waals surface area contributed by atoms with E-state index in [0.717, 1.165) is 26.1 Å². The number of nitrogens with one attached hydrogen (secondary N) is 1. The molecular formula is C23H38F2N2. The van der Waals surface area contributed by atoms with Crippen LogP contribution < -0.4 is 5.32 Å². The van der Waals surface area contributed by atoms with Crippen molar-refractivity contribution in [3.05, 3.63) is 47.5 Å². The lowest BCUT2D eigenvalue weighted by Crippen LogP contribution is -2.15. The number of halogens is 2. The minimum Gasteiger partial charge on any atom is -0.317 e. The number of allylic oxidation sites excluding steroid dienone is 2. The van der Waals surface area contributed by atoms with Crippen LogP contribution >= 0.6 is 0 Å². The molecule has 0 aliphatic rings. The molecule has 0 saturated heterocycles. The molecule has 0 aromatic heterocycles. The fourth-order valence-electron chi connectivity index (χ4n) is 1.88. The monoisotopic (exact) mass is 380 g/mol. The van der Waals surface area contributed by atoms with Crippen LogP contribution in [0.5, 0.6) is 0 Å². The van der Waals surface area contributed by atoms with E-state index in [9.17, 15) is 8.78 Å². The van der Waals surface area contributed by atoms with E-state index in [4.69, 9.17) is 0 Å². The SMILES string of the molecule is C#C.C/C=C\CC(F)CCCNCC.CCN=Cc1ccc(C)cc1.CF. The van der Waals surface area contributed by atoms with Gasteiger partial charge in [-0.1, -0.05) is 48.9 Å². The van der Waals surface area contributed by atoms with Gasteiger partial charge >= 0.3 is 0 Å². The van der Waals surface area contributed by atoms with Gasteiger partial charge in [-0.3, -0.25) is 9.38 Å². The molecule has 0 heterocycles. The molecule has 0 fully saturated rings. The molecule has 0 bridgehead atoms. The number of hydrogen-bond acceptors (Lipinski definition) is 2. The Morgan fingerprint density at radius 1 is 1.15 bits per heavy atom. The molecule has 0 spiro atoms. The first kappa shape index (κ1) is 29.8. The van der Waals surface area contributed by atoms with Crippen molar-refractivity contribution >= 4 is 6.21 Å². The maximum Gasteiger partial charge on any atom is 0.104 e. The predicted octanol–water partition coefficient (Wildman–Crippen LogP) is 5.95. The molecule has 1 N–H and O–H groups in total. The summed E-state index contributed by atoms with van der Waals surface area (Å²) in [5.41, 5.74) is 2.47. The number of terminal acetylenes is 1. The van der Waals surface area contributed by atoms with Crippen LogP contribution in [-0.2, 0) is 0 Å². The molecule has 0 radical (unpaired) electrons. The first-order valence-electron chi connectivity index (χ1n) is 9.37. The summed E-state index contributed by atoms with van der Waals surface area (Å²) in [6.45, 7) is 10.9. The van der Waals surface area contributed by atoms with E-state index in [1.54, 1.807) is 0 Å². The molecule has 0 aliphatic carbocycles. The van der Waals surface area contributed by atoms with Gasteiger partial charge < -0.3 is 5.32 Å². The van der Waals surface area contributed by atoms with Crippen molar-refractivity contribution < 1.29 is 8.78 Å². The van der Waals surface area contributed by atoms with Crippen molar-refractivity contribution in [2.45, 2.75) is 53.1 Å². The quantitative estimate of drug-likeness (QED) is 0.243. The average Bonchev–Trinajstić information content (AvgIpc) is 2.73. The van der Waals surface area contributed by atoms with Crippen LogP contribution in [0.4, 0.5) is 8.78 Å². The van der Waals surface area contributed by atoms with Gasteiger partial charge in [0.2, 0.25) is 0 Å². The van der Waals surface area contributed by atoms with Crippen LogP contribution in [0, 0.1) is 19.8 Å². The minimum absolute atomic E-state index is 0.500. The van der Waals surface area contributed by atoms with Gasteiger partial charge in [-0.25, -0.2) is 4.39 Å². The molecule has 4 heteroatoms. The van der Waals surface area contributed by atoms with Crippen molar-refractivity contribution in [2.75, 3.05) is 26.8 Å². The van der Waals surface area contributed by atoms with Crippen LogP contribution in [0.3, 0.4) is 0 Å². The Labute approximate surface area is 166 Å². The van der Waals surface area contributed by atoms with E-state index in [2.05, 4.69) is 61.3 Å². The summed E-state index contributed by atoms with van der Waals surface area (Å²) in [7, 11) is 0.500. The van der Waals surface area contributed by atoms with Gasteiger partial charge in [-0.05, 0) is 58.7 Å². The summed E-state index contributed by atoms with van der Waals surface area (Å²) in [6.07, 6.45) is 15.2. The molecule has 0 amide bonds. The molecule has 0 aliphatic heterocycles. The lowest BCUT2D eigenvalue weighted by molar-refractivity contribution is 0.309. The number of aliphatic imine (C=N–C) groups is 1. The number of aryl methyl sites for hydroxylation is 1. The van der Waals surface area contributed by atoms with E-state index in [0.29, 0.717) is 20.0 Å². The fourth-order valence-corrected chi connectivity index (χ4v) is 1.88. The Kier molecular flexibility index (Phi) is 28.9. The lowest BCUT2D eigenvalue weighted by Gasteiger charge is -2.04. The van der Waals surface area contributed by atoms with E-state index < -0.39 is 6.17 Å². The second-order valence-corrected chi connectivity index (χ2v) is 5.44. The zero-order chi connectivity index (χ0) is 21.3. The van der Waals surface area contributed by atoms with Crippen LogP contribution in [0.1, 0.15) is 51.2 Å². The number of nitrogens with zero attached hydrogens (tertiary/aromatic N) is 1. The number of benzene rings is 1. The first-order chi connectivity index (χ1) is 13.1. The summed E-state index contributed by atoms with van der Waals surface area (Å²) in [5.74, 6) is 0. The van der Waals surface area contributed by atoms with E-state index >= 15 is 0 Å². The Balaban J connectivity index is -0.000000360. The molecule has 27 heavy (non-hydrogen) atoms. The standard InChI is InChI=1S/C10H20FN.C10H13N.C2H2.CH3F/c1-3-5-7-10(11)8-6-9-12-4-2;1-3-11-8-10-6-4-9(2)5-7-10;2*1-2/h3,5,10,12H,4,6-9H2,1-2H3;4-8H,3H2,1-2H3;1-2H;1H3/b5-3-;;;. The van der Waals surface area contributed by atoms with Gasteiger partial charge in [0.05, 0.1) is 7.18 Å². The van der Waals surface area contributed by atoms with Gasteiger partial charge in [-0.15, -0.1) is 12.8 Å². The molecular weight excluding hydrogens is 342 g/mol. The highest BCUT2D eigenvalue weighted by atomic mass is 19.1. The highest BCUT2D eigenvalue weighted by molar-refractivity contribution is 5.79. The Morgan fingerprint density at radius 2 is 1.74 bits per heavy atom. The summed E-state index contributed by atoms with van der Waals surface area (Å²) < 4.78 is 22.4. The topological polar surface area (TPSA) is 24.4 Å². The average molecular weight is 381 g/mol. The molecule has 0 saturated carbocycles. The van der Waals surface area contributed by atoms with Crippen LogP contribution in [0.15, 0.2) is 41.4 Å². The number of alkyl halides is 2. The highest BCUT2D eigenvalue weighted by Crippen LogP contribution is 2.06. The van der Waals surface area contributed by atoms with Crippen molar-refractivity contribution in [2.24, 2.45) is 4.99 Å². The highest BCUT2D eigenvalue weighted by Gasteiger charge is 2.02. The van der Waals surface area contributed by atoms with Gasteiger partial charge in [0.1, 0.15) is 6.17 Å². The van der Waals surface area contributed by atoms with Crippen molar-refractivity contribution in [1.29, 1.82) is 0 Å². The first-order valence-corrected chi connectivity index (χ1v) is 9.37. The smallest absolute Gasteiger partial charge is 0.104 e. The third kappa shape index (κ3) is 24.0. The Morgan fingerprint density at radius 3 is 2.22 bits per heavy atom. The van der Waals surface area contributed by atoms with Crippen molar-refractivity contribution in [3.8, 4) is 12.8 Å². The predicted molar refractivity (Wildman–Crippen MR) is 118 cm³/mol. The van der Waals surface area contributed by atoms with Gasteiger partial charge in [-0.2, -0.15) is 0 Å². The summed E-state index contributed by atoms with van der Waals surface area (Å²) in [6, 6.07) is 8.34. The van der Waals surface area contributed by atoms with Gasteiger partial charge in [0.25, 0.3) is 0 Å². The third-order valence-corrected chi connectivity index (χ3v) is 3.25. The van der Waals surface area contributed by atoms with E-state index in [1.807, 2.05) is 32.2 Å².